The highest BCUT2D eigenvalue weighted by molar-refractivity contribution is 6.37. The molecule has 5 nitrogen and oxygen atoms in total. The lowest BCUT2D eigenvalue weighted by Crippen LogP contribution is -2.36. The minimum Gasteiger partial charge on any atom is -0.465 e. The number of rotatable bonds is 6. The Hall–Kier alpha value is -1.60. The Bertz CT molecular complexity index is 324. The van der Waals surface area contributed by atoms with Gasteiger partial charge in [-0.25, -0.2) is 4.79 Å². The van der Waals surface area contributed by atoms with Crippen LogP contribution in [0.5, 0.6) is 0 Å². The van der Waals surface area contributed by atoms with Gasteiger partial charge in [0.15, 0.2) is 0 Å². The summed E-state index contributed by atoms with van der Waals surface area (Å²) in [6.07, 6.45) is -6.51. The molecule has 0 radical (unpaired) electrons. The fraction of sp³-hybridized carbons (Fsp3) is 0.700. The van der Waals surface area contributed by atoms with Gasteiger partial charge >= 0.3 is 18.1 Å². The van der Waals surface area contributed by atoms with Crippen molar-refractivity contribution >= 4 is 17.7 Å². The average Bonchev–Trinajstić information content (AvgIpc) is 2.24. The van der Waals surface area contributed by atoms with E-state index in [1.54, 1.807) is 0 Å². The molecule has 0 fully saturated rings. The zero-order valence-corrected chi connectivity index (χ0v) is 9.87. The SMILES string of the molecule is CCOC(=O)C(=O)C(CC(F)(F)F)C(=O)OCC. The van der Waals surface area contributed by atoms with E-state index in [2.05, 4.69) is 9.47 Å². The van der Waals surface area contributed by atoms with E-state index in [0.717, 1.165) is 0 Å². The van der Waals surface area contributed by atoms with Gasteiger partial charge in [0.2, 0.25) is 0 Å². The lowest BCUT2D eigenvalue weighted by atomic mass is 10.00. The maximum atomic E-state index is 12.2. The van der Waals surface area contributed by atoms with Crippen molar-refractivity contribution in [2.75, 3.05) is 13.2 Å². The molecule has 0 aliphatic carbocycles. The normalized spacial score (nSPS) is 12.7. The molecule has 0 spiro atoms. The van der Waals surface area contributed by atoms with Crippen LogP contribution in [0.1, 0.15) is 20.3 Å². The van der Waals surface area contributed by atoms with Crippen molar-refractivity contribution in [2.24, 2.45) is 5.92 Å². The highest BCUT2D eigenvalue weighted by Gasteiger charge is 2.43. The van der Waals surface area contributed by atoms with E-state index in [0.29, 0.717) is 0 Å². The maximum absolute atomic E-state index is 12.2. The van der Waals surface area contributed by atoms with Crippen LogP contribution in [-0.2, 0) is 23.9 Å². The van der Waals surface area contributed by atoms with Gasteiger partial charge in [-0.1, -0.05) is 0 Å². The first-order valence-electron chi connectivity index (χ1n) is 5.17. The third kappa shape index (κ3) is 5.65. The number of hydrogen-bond donors (Lipinski definition) is 0. The Labute approximate surface area is 101 Å². The molecule has 0 aromatic heterocycles. The number of ether oxygens (including phenoxy) is 2. The molecular formula is C10H13F3O5. The van der Waals surface area contributed by atoms with Gasteiger partial charge in [0.05, 0.1) is 19.6 Å². The van der Waals surface area contributed by atoms with Crippen LogP contribution >= 0.6 is 0 Å². The molecular weight excluding hydrogens is 257 g/mol. The second-order valence-corrected chi connectivity index (χ2v) is 3.21. The highest BCUT2D eigenvalue weighted by Crippen LogP contribution is 2.26. The minimum atomic E-state index is -4.76. The summed E-state index contributed by atoms with van der Waals surface area (Å²) >= 11 is 0. The van der Waals surface area contributed by atoms with Crippen molar-refractivity contribution in [2.45, 2.75) is 26.4 Å². The molecule has 0 aromatic carbocycles. The molecule has 1 unspecified atom stereocenters. The molecule has 0 heterocycles. The molecule has 8 heteroatoms. The van der Waals surface area contributed by atoms with Crippen molar-refractivity contribution in [3.05, 3.63) is 0 Å². The highest BCUT2D eigenvalue weighted by atomic mass is 19.4. The van der Waals surface area contributed by atoms with Gasteiger partial charge in [-0.3, -0.25) is 9.59 Å². The predicted octanol–water partition coefficient (Wildman–Crippen LogP) is 1.25. The van der Waals surface area contributed by atoms with Crippen LogP contribution in [0.25, 0.3) is 0 Å². The molecule has 0 aliphatic rings. The van der Waals surface area contributed by atoms with Gasteiger partial charge in [-0.15, -0.1) is 0 Å². The third-order valence-corrected chi connectivity index (χ3v) is 1.80. The molecule has 0 N–H and O–H groups in total. The Morgan fingerprint density at radius 3 is 1.94 bits per heavy atom. The van der Waals surface area contributed by atoms with Crippen LogP contribution in [0.3, 0.4) is 0 Å². The van der Waals surface area contributed by atoms with E-state index in [1.807, 2.05) is 0 Å². The van der Waals surface area contributed by atoms with E-state index in [9.17, 15) is 27.6 Å². The average molecular weight is 270 g/mol. The fourth-order valence-electron chi connectivity index (χ4n) is 1.10. The molecule has 0 aromatic rings. The van der Waals surface area contributed by atoms with Crippen molar-refractivity contribution in [3.63, 3.8) is 0 Å². The molecule has 0 saturated carbocycles. The van der Waals surface area contributed by atoms with E-state index >= 15 is 0 Å². The molecule has 0 saturated heterocycles. The van der Waals surface area contributed by atoms with Gasteiger partial charge in [0.25, 0.3) is 5.78 Å². The molecule has 18 heavy (non-hydrogen) atoms. The first kappa shape index (κ1) is 16.4. The van der Waals surface area contributed by atoms with E-state index in [-0.39, 0.29) is 13.2 Å². The monoisotopic (exact) mass is 270 g/mol. The Balaban J connectivity index is 4.91. The summed E-state index contributed by atoms with van der Waals surface area (Å²) in [6, 6.07) is 0. The summed E-state index contributed by atoms with van der Waals surface area (Å²) in [5.74, 6) is -6.61. The molecule has 0 aliphatic heterocycles. The van der Waals surface area contributed by atoms with Crippen LogP contribution in [0.15, 0.2) is 0 Å². The number of Topliss-reactive ketones (excluding diaryl/α,β-unsaturated/α-hetero) is 1. The largest absolute Gasteiger partial charge is 0.465 e. The van der Waals surface area contributed by atoms with Gasteiger partial charge in [0.1, 0.15) is 5.92 Å². The smallest absolute Gasteiger partial charge is 0.390 e. The predicted molar refractivity (Wildman–Crippen MR) is 52.4 cm³/mol. The number of esters is 2. The second kappa shape index (κ2) is 6.97. The topological polar surface area (TPSA) is 69.7 Å². The quantitative estimate of drug-likeness (QED) is 0.413. The number of ketones is 1. The Morgan fingerprint density at radius 1 is 1.06 bits per heavy atom. The summed E-state index contributed by atoms with van der Waals surface area (Å²) in [7, 11) is 0. The third-order valence-electron chi connectivity index (χ3n) is 1.80. The molecule has 0 bridgehead atoms. The van der Waals surface area contributed by atoms with Gasteiger partial charge in [0, 0.05) is 0 Å². The maximum Gasteiger partial charge on any atom is 0.390 e. The first-order valence-corrected chi connectivity index (χ1v) is 5.17. The summed E-state index contributed by atoms with van der Waals surface area (Å²) in [4.78, 5) is 33.6. The summed E-state index contributed by atoms with van der Waals surface area (Å²) < 4.78 is 45.2. The summed E-state index contributed by atoms with van der Waals surface area (Å²) in [5.41, 5.74) is 0. The Morgan fingerprint density at radius 2 is 1.56 bits per heavy atom. The molecule has 0 rings (SSSR count). The van der Waals surface area contributed by atoms with E-state index < -0.39 is 36.2 Å². The lowest BCUT2D eigenvalue weighted by molar-refractivity contribution is -0.175. The zero-order valence-electron chi connectivity index (χ0n) is 9.87. The van der Waals surface area contributed by atoms with Crippen LogP contribution < -0.4 is 0 Å². The number of carbonyl (C=O) groups excluding carboxylic acids is 3. The van der Waals surface area contributed by atoms with Crippen LogP contribution in [0, 0.1) is 5.92 Å². The number of hydrogen-bond acceptors (Lipinski definition) is 5. The zero-order chi connectivity index (χ0) is 14.3. The summed E-state index contributed by atoms with van der Waals surface area (Å²) in [6.45, 7) is 2.39. The molecule has 1 atom stereocenters. The second-order valence-electron chi connectivity index (χ2n) is 3.21. The standard InChI is InChI=1S/C10H13F3O5/c1-3-17-8(15)6(5-10(11,12)13)7(14)9(16)18-4-2/h6H,3-5H2,1-2H3. The Kier molecular flexibility index (Phi) is 6.35. The molecule has 0 amide bonds. The number of halogens is 3. The lowest BCUT2D eigenvalue weighted by Gasteiger charge is -2.15. The fourth-order valence-corrected chi connectivity index (χ4v) is 1.10. The minimum absolute atomic E-state index is 0.174. The van der Waals surface area contributed by atoms with E-state index in [4.69, 9.17) is 0 Å². The van der Waals surface area contributed by atoms with Crippen molar-refractivity contribution in [1.29, 1.82) is 0 Å². The van der Waals surface area contributed by atoms with Crippen LogP contribution in [0.2, 0.25) is 0 Å². The number of carbonyl (C=O) groups is 3. The van der Waals surface area contributed by atoms with Crippen LogP contribution in [-0.4, -0.2) is 37.1 Å². The molecule has 104 valence electrons. The number of alkyl halides is 3. The van der Waals surface area contributed by atoms with Gasteiger partial charge in [-0.2, -0.15) is 13.2 Å². The first-order chi connectivity index (χ1) is 8.22. The van der Waals surface area contributed by atoms with Crippen molar-refractivity contribution in [1.82, 2.24) is 0 Å². The van der Waals surface area contributed by atoms with Gasteiger partial charge in [-0.05, 0) is 13.8 Å². The van der Waals surface area contributed by atoms with Gasteiger partial charge < -0.3 is 9.47 Å². The van der Waals surface area contributed by atoms with E-state index in [1.165, 1.54) is 13.8 Å². The van der Waals surface area contributed by atoms with Crippen molar-refractivity contribution in [3.8, 4) is 0 Å². The van der Waals surface area contributed by atoms with Crippen molar-refractivity contribution < 1.29 is 37.0 Å². The summed E-state index contributed by atoms with van der Waals surface area (Å²) in [5, 5.41) is 0. The van der Waals surface area contributed by atoms with Crippen LogP contribution in [0.4, 0.5) is 13.2 Å².